The number of amides is 1. The van der Waals surface area contributed by atoms with E-state index in [0.717, 1.165) is 24.1 Å². The molecule has 0 aliphatic heterocycles. The third-order valence-corrected chi connectivity index (χ3v) is 6.31. The summed E-state index contributed by atoms with van der Waals surface area (Å²) in [6.45, 7) is 0. The molecule has 3 aromatic carbocycles. The molecule has 3 nitrogen and oxygen atoms in total. The van der Waals surface area contributed by atoms with E-state index in [4.69, 9.17) is 23.2 Å². The Hall–Kier alpha value is -2.33. The van der Waals surface area contributed by atoms with Gasteiger partial charge >= 0.3 is 0 Å². The van der Waals surface area contributed by atoms with E-state index in [1.165, 1.54) is 11.1 Å². The fourth-order valence-corrected chi connectivity index (χ4v) is 4.39. The maximum Gasteiger partial charge on any atom is 0.255 e. The van der Waals surface area contributed by atoms with Gasteiger partial charge in [0.25, 0.3) is 5.91 Å². The highest BCUT2D eigenvalue weighted by Gasteiger charge is 2.28. The van der Waals surface area contributed by atoms with Crippen molar-refractivity contribution in [1.82, 2.24) is 5.32 Å². The molecule has 2 atom stereocenters. The van der Waals surface area contributed by atoms with Crippen molar-refractivity contribution in [3.63, 3.8) is 0 Å². The zero-order chi connectivity index (χ0) is 20.4. The number of anilines is 1. The van der Waals surface area contributed by atoms with Crippen LogP contribution in [0.1, 0.15) is 51.8 Å². The highest BCUT2D eigenvalue weighted by atomic mass is 35.5. The lowest BCUT2D eigenvalue weighted by Crippen LogP contribution is -2.24. The summed E-state index contributed by atoms with van der Waals surface area (Å²) in [6.07, 6.45) is 2.02. The molecule has 3 aromatic rings. The van der Waals surface area contributed by atoms with Crippen molar-refractivity contribution in [2.75, 3.05) is 12.4 Å². The van der Waals surface area contributed by atoms with Crippen LogP contribution in [-0.4, -0.2) is 13.0 Å². The van der Waals surface area contributed by atoms with Crippen LogP contribution in [0.25, 0.3) is 0 Å². The van der Waals surface area contributed by atoms with Gasteiger partial charge in [-0.15, -0.1) is 0 Å². The molecule has 1 amide bonds. The Labute approximate surface area is 181 Å². The lowest BCUT2D eigenvalue weighted by molar-refractivity contribution is 0.102. The molecule has 29 heavy (non-hydrogen) atoms. The van der Waals surface area contributed by atoms with E-state index < -0.39 is 0 Å². The van der Waals surface area contributed by atoms with Crippen molar-refractivity contribution >= 4 is 34.8 Å². The second-order valence-corrected chi connectivity index (χ2v) is 8.12. The molecule has 0 saturated carbocycles. The number of fused-ring (bicyclic) bond motifs is 1. The van der Waals surface area contributed by atoms with Crippen LogP contribution >= 0.6 is 23.2 Å². The van der Waals surface area contributed by atoms with Gasteiger partial charge in [0.2, 0.25) is 0 Å². The average molecular weight is 425 g/mol. The summed E-state index contributed by atoms with van der Waals surface area (Å²) in [6, 6.07) is 21.5. The molecule has 0 spiro atoms. The van der Waals surface area contributed by atoms with Crippen LogP contribution in [0, 0.1) is 0 Å². The number of hydrogen-bond donors (Lipinski definition) is 2. The third kappa shape index (κ3) is 4.18. The van der Waals surface area contributed by atoms with Crippen LogP contribution in [0.5, 0.6) is 0 Å². The first kappa shape index (κ1) is 20.0. The monoisotopic (exact) mass is 424 g/mol. The normalized spacial score (nSPS) is 18.2. The molecule has 0 heterocycles. The van der Waals surface area contributed by atoms with E-state index in [9.17, 15) is 4.79 Å². The van der Waals surface area contributed by atoms with Crippen molar-refractivity contribution in [1.29, 1.82) is 0 Å². The smallest absolute Gasteiger partial charge is 0.255 e. The highest BCUT2D eigenvalue weighted by molar-refractivity contribution is 6.42. The highest BCUT2D eigenvalue weighted by Crippen LogP contribution is 2.43. The number of carbonyl (C=O) groups is 1. The van der Waals surface area contributed by atoms with Crippen LogP contribution in [0.4, 0.5) is 5.69 Å². The van der Waals surface area contributed by atoms with Gasteiger partial charge in [-0.2, -0.15) is 0 Å². The van der Waals surface area contributed by atoms with E-state index >= 15 is 0 Å². The van der Waals surface area contributed by atoms with Gasteiger partial charge in [0.1, 0.15) is 0 Å². The summed E-state index contributed by atoms with van der Waals surface area (Å²) in [7, 11) is 1.98. The SMILES string of the molecule is CN[C@H]1CC[C@@H](c2ccc(Cl)c(Cl)c2)c2ccc(NC(=O)c3ccccc3)cc21. The van der Waals surface area contributed by atoms with Crippen molar-refractivity contribution in [3.8, 4) is 0 Å². The first-order valence-corrected chi connectivity index (χ1v) is 10.4. The van der Waals surface area contributed by atoms with Crippen LogP contribution in [0.2, 0.25) is 10.0 Å². The quantitative estimate of drug-likeness (QED) is 0.506. The molecule has 0 radical (unpaired) electrons. The van der Waals surface area contributed by atoms with Crippen LogP contribution in [0.15, 0.2) is 66.7 Å². The Bertz CT molecular complexity index is 1040. The molecule has 2 N–H and O–H groups in total. The van der Waals surface area contributed by atoms with Gasteiger partial charge in [-0.3, -0.25) is 4.79 Å². The first-order chi connectivity index (χ1) is 14.1. The van der Waals surface area contributed by atoms with E-state index in [1.54, 1.807) is 0 Å². The minimum Gasteiger partial charge on any atom is -0.322 e. The molecule has 0 saturated heterocycles. The Morgan fingerprint density at radius 2 is 1.69 bits per heavy atom. The largest absolute Gasteiger partial charge is 0.322 e. The average Bonchev–Trinajstić information content (AvgIpc) is 2.75. The Morgan fingerprint density at radius 1 is 0.897 bits per heavy atom. The molecular weight excluding hydrogens is 403 g/mol. The first-order valence-electron chi connectivity index (χ1n) is 9.69. The molecule has 5 heteroatoms. The Balaban J connectivity index is 1.66. The zero-order valence-electron chi connectivity index (χ0n) is 16.1. The van der Waals surface area contributed by atoms with Gasteiger partial charge in [-0.1, -0.05) is 53.5 Å². The van der Waals surface area contributed by atoms with Crippen LogP contribution < -0.4 is 10.6 Å². The van der Waals surface area contributed by atoms with Crippen molar-refractivity contribution in [2.45, 2.75) is 24.8 Å². The summed E-state index contributed by atoms with van der Waals surface area (Å²) in [5.41, 5.74) is 5.07. The van der Waals surface area contributed by atoms with Gasteiger partial charge in [-0.25, -0.2) is 0 Å². The molecule has 0 unspecified atom stereocenters. The van der Waals surface area contributed by atoms with Gasteiger partial charge in [0, 0.05) is 23.2 Å². The molecule has 4 rings (SSSR count). The molecule has 148 valence electrons. The predicted octanol–water partition coefficient (Wildman–Crippen LogP) is 6.43. The fraction of sp³-hybridized carbons (Fsp3) is 0.208. The van der Waals surface area contributed by atoms with Gasteiger partial charge in [0.05, 0.1) is 10.0 Å². The van der Waals surface area contributed by atoms with Crippen LogP contribution in [0.3, 0.4) is 0 Å². The summed E-state index contributed by atoms with van der Waals surface area (Å²) in [4.78, 5) is 12.5. The Morgan fingerprint density at radius 3 is 2.41 bits per heavy atom. The second-order valence-electron chi connectivity index (χ2n) is 7.31. The summed E-state index contributed by atoms with van der Waals surface area (Å²) in [5.74, 6) is 0.145. The zero-order valence-corrected chi connectivity index (χ0v) is 17.6. The predicted molar refractivity (Wildman–Crippen MR) is 120 cm³/mol. The number of halogens is 2. The van der Waals surface area contributed by atoms with Crippen molar-refractivity contribution < 1.29 is 4.79 Å². The standard InChI is InChI=1S/C24H22Cl2N2O/c1-27-23-12-10-18(16-7-11-21(25)22(26)13-16)19-9-8-17(14-20(19)23)28-24(29)15-5-3-2-4-6-15/h2-9,11,13-14,18,23,27H,10,12H2,1H3,(H,28,29)/t18-,23-/m0/s1. The number of carbonyl (C=O) groups excluding carboxylic acids is 1. The van der Waals surface area contributed by atoms with E-state index in [0.29, 0.717) is 15.6 Å². The van der Waals surface area contributed by atoms with Gasteiger partial charge in [0.15, 0.2) is 0 Å². The van der Waals surface area contributed by atoms with Gasteiger partial charge < -0.3 is 10.6 Å². The van der Waals surface area contributed by atoms with E-state index in [2.05, 4.69) is 22.8 Å². The minimum atomic E-state index is -0.108. The maximum atomic E-state index is 12.5. The van der Waals surface area contributed by atoms with Crippen molar-refractivity contribution in [3.05, 3.63) is 99.0 Å². The van der Waals surface area contributed by atoms with Gasteiger partial charge in [-0.05, 0) is 73.0 Å². The molecular formula is C24H22Cl2N2O. The molecule has 1 aliphatic rings. The van der Waals surface area contributed by atoms with Crippen LogP contribution in [-0.2, 0) is 0 Å². The number of benzene rings is 3. The van der Waals surface area contributed by atoms with E-state index in [-0.39, 0.29) is 17.9 Å². The summed E-state index contributed by atoms with van der Waals surface area (Å²) < 4.78 is 0. The Kier molecular flexibility index (Phi) is 5.91. The van der Waals surface area contributed by atoms with E-state index in [1.807, 2.05) is 61.6 Å². The second kappa shape index (κ2) is 8.58. The lowest BCUT2D eigenvalue weighted by Gasteiger charge is -2.32. The van der Waals surface area contributed by atoms with Crippen molar-refractivity contribution in [2.24, 2.45) is 0 Å². The summed E-state index contributed by atoms with van der Waals surface area (Å²) >= 11 is 12.4. The number of nitrogens with one attached hydrogen (secondary N) is 2. The molecule has 0 aromatic heterocycles. The number of rotatable bonds is 4. The minimum absolute atomic E-state index is 0.108. The molecule has 1 aliphatic carbocycles. The topological polar surface area (TPSA) is 41.1 Å². The fourth-order valence-electron chi connectivity index (χ4n) is 4.08. The molecule has 0 bridgehead atoms. The summed E-state index contributed by atoms with van der Waals surface area (Å²) in [5, 5.41) is 7.57. The maximum absolute atomic E-state index is 12.5. The molecule has 0 fully saturated rings. The third-order valence-electron chi connectivity index (χ3n) is 5.57. The lowest BCUT2D eigenvalue weighted by atomic mass is 9.76. The number of hydrogen-bond acceptors (Lipinski definition) is 2.